The molecule has 3 aromatic rings. The first-order chi connectivity index (χ1) is 9.36. The van der Waals surface area contributed by atoms with Crippen LogP contribution in [0.1, 0.15) is 0 Å². The Morgan fingerprint density at radius 1 is 1.00 bits per heavy atom. The van der Waals surface area contributed by atoms with Crippen molar-refractivity contribution < 1.29 is 4.74 Å². The molecule has 0 aliphatic carbocycles. The van der Waals surface area contributed by atoms with Gasteiger partial charge < -0.3 is 4.74 Å². The number of tetrazole rings is 1. The predicted octanol–water partition coefficient (Wildman–Crippen LogP) is 1.94. The molecule has 0 amide bonds. The van der Waals surface area contributed by atoms with Gasteiger partial charge in [0.05, 0.1) is 12.8 Å². The summed E-state index contributed by atoms with van der Waals surface area (Å²) in [6, 6.07) is 13.5. The Balaban J connectivity index is 1.94. The number of rotatable bonds is 3. The van der Waals surface area contributed by atoms with Crippen molar-refractivity contribution >= 4 is 0 Å². The van der Waals surface area contributed by atoms with Crippen LogP contribution in [0.15, 0.2) is 42.5 Å². The van der Waals surface area contributed by atoms with Crippen LogP contribution in [-0.4, -0.2) is 32.7 Å². The number of ether oxygens (including phenoxy) is 1. The number of pyridine rings is 1. The number of hydrogen-bond donors (Lipinski definition) is 1. The molecular weight excluding hydrogens is 242 g/mol. The van der Waals surface area contributed by atoms with Crippen LogP contribution in [0, 0.1) is 0 Å². The minimum Gasteiger partial charge on any atom is -0.481 e. The standard InChI is InChI=1S/C13H11N5O/c1-19-12-4-2-3-11(14-12)9-5-7-10(8-6-9)13-15-17-18-16-13/h2-8H,1H3,(H,15,16,17,18). The van der Waals surface area contributed by atoms with Gasteiger partial charge in [-0.3, -0.25) is 0 Å². The summed E-state index contributed by atoms with van der Waals surface area (Å²) in [6.07, 6.45) is 0. The predicted molar refractivity (Wildman–Crippen MR) is 69.4 cm³/mol. The topological polar surface area (TPSA) is 76.6 Å². The van der Waals surface area contributed by atoms with Crippen LogP contribution in [0.4, 0.5) is 0 Å². The molecule has 0 aliphatic heterocycles. The van der Waals surface area contributed by atoms with E-state index in [2.05, 4.69) is 25.6 Å². The molecule has 0 unspecified atom stereocenters. The van der Waals surface area contributed by atoms with E-state index in [9.17, 15) is 0 Å². The number of nitrogens with one attached hydrogen (secondary N) is 1. The third kappa shape index (κ3) is 2.28. The molecule has 1 aromatic carbocycles. The Hall–Kier alpha value is -2.76. The number of aromatic amines is 1. The summed E-state index contributed by atoms with van der Waals surface area (Å²) in [5.74, 6) is 1.17. The first-order valence-electron chi connectivity index (χ1n) is 5.72. The van der Waals surface area contributed by atoms with Gasteiger partial charge in [-0.05, 0) is 11.3 Å². The second-order valence-electron chi connectivity index (χ2n) is 3.88. The van der Waals surface area contributed by atoms with Crippen LogP contribution in [0.2, 0.25) is 0 Å². The molecule has 94 valence electrons. The van der Waals surface area contributed by atoms with Crippen LogP contribution in [-0.2, 0) is 0 Å². The van der Waals surface area contributed by atoms with Crippen molar-refractivity contribution in [2.45, 2.75) is 0 Å². The largest absolute Gasteiger partial charge is 0.481 e. The zero-order valence-electron chi connectivity index (χ0n) is 10.2. The van der Waals surface area contributed by atoms with Gasteiger partial charge in [0.15, 0.2) is 0 Å². The highest BCUT2D eigenvalue weighted by Crippen LogP contribution is 2.22. The molecule has 6 nitrogen and oxygen atoms in total. The minimum absolute atomic E-state index is 0.574. The SMILES string of the molecule is COc1cccc(-c2ccc(-c3nn[nH]n3)cc2)n1. The molecule has 0 atom stereocenters. The number of methoxy groups -OCH3 is 1. The fraction of sp³-hybridized carbons (Fsp3) is 0.0769. The van der Waals surface area contributed by atoms with E-state index >= 15 is 0 Å². The molecule has 0 fully saturated rings. The summed E-state index contributed by atoms with van der Waals surface area (Å²) in [6.45, 7) is 0. The lowest BCUT2D eigenvalue weighted by molar-refractivity contribution is 0.398. The molecule has 0 saturated carbocycles. The second-order valence-corrected chi connectivity index (χ2v) is 3.88. The van der Waals surface area contributed by atoms with Crippen LogP contribution < -0.4 is 4.74 Å². The summed E-state index contributed by atoms with van der Waals surface area (Å²) >= 11 is 0. The Morgan fingerprint density at radius 2 is 1.79 bits per heavy atom. The van der Waals surface area contributed by atoms with Crippen molar-refractivity contribution in [3.8, 4) is 28.5 Å². The molecule has 0 radical (unpaired) electrons. The zero-order valence-corrected chi connectivity index (χ0v) is 10.2. The molecule has 0 spiro atoms. The molecule has 0 saturated heterocycles. The van der Waals surface area contributed by atoms with Crippen molar-refractivity contribution in [3.05, 3.63) is 42.5 Å². The van der Waals surface area contributed by atoms with E-state index in [4.69, 9.17) is 4.74 Å². The highest BCUT2D eigenvalue weighted by molar-refractivity contribution is 5.65. The van der Waals surface area contributed by atoms with Gasteiger partial charge in [-0.2, -0.15) is 5.21 Å². The van der Waals surface area contributed by atoms with Crippen LogP contribution in [0.5, 0.6) is 5.88 Å². The molecule has 0 aliphatic rings. The van der Waals surface area contributed by atoms with Crippen LogP contribution in [0.3, 0.4) is 0 Å². The van der Waals surface area contributed by atoms with Crippen molar-refractivity contribution in [3.63, 3.8) is 0 Å². The molecule has 19 heavy (non-hydrogen) atoms. The van der Waals surface area contributed by atoms with E-state index in [1.54, 1.807) is 7.11 Å². The molecule has 2 heterocycles. The van der Waals surface area contributed by atoms with Crippen molar-refractivity contribution in [2.24, 2.45) is 0 Å². The maximum absolute atomic E-state index is 5.12. The summed E-state index contributed by atoms with van der Waals surface area (Å²) in [4.78, 5) is 4.38. The summed E-state index contributed by atoms with van der Waals surface area (Å²) < 4.78 is 5.12. The molecule has 2 aromatic heterocycles. The minimum atomic E-state index is 0.574. The van der Waals surface area contributed by atoms with Gasteiger partial charge in [0, 0.05) is 17.2 Å². The lowest BCUT2D eigenvalue weighted by Gasteiger charge is -2.04. The Labute approximate surface area is 109 Å². The van der Waals surface area contributed by atoms with Crippen molar-refractivity contribution in [2.75, 3.05) is 7.11 Å². The third-order valence-corrected chi connectivity index (χ3v) is 2.72. The van der Waals surface area contributed by atoms with E-state index in [-0.39, 0.29) is 0 Å². The number of nitrogens with zero attached hydrogens (tertiary/aromatic N) is 4. The Morgan fingerprint density at radius 3 is 2.47 bits per heavy atom. The summed E-state index contributed by atoms with van der Waals surface area (Å²) in [5.41, 5.74) is 2.77. The average Bonchev–Trinajstić information content (AvgIpc) is 3.02. The second kappa shape index (κ2) is 4.85. The highest BCUT2D eigenvalue weighted by atomic mass is 16.5. The average molecular weight is 253 g/mol. The van der Waals surface area contributed by atoms with Crippen molar-refractivity contribution in [1.82, 2.24) is 25.6 Å². The van der Waals surface area contributed by atoms with Crippen LogP contribution in [0.25, 0.3) is 22.6 Å². The number of hydrogen-bond acceptors (Lipinski definition) is 5. The van der Waals surface area contributed by atoms with Gasteiger partial charge in [0.2, 0.25) is 11.7 Å². The fourth-order valence-electron chi connectivity index (χ4n) is 1.76. The summed E-state index contributed by atoms with van der Waals surface area (Å²) in [5, 5.41) is 13.8. The molecule has 6 heteroatoms. The fourth-order valence-corrected chi connectivity index (χ4v) is 1.76. The highest BCUT2D eigenvalue weighted by Gasteiger charge is 2.05. The van der Waals surface area contributed by atoms with Gasteiger partial charge in [-0.25, -0.2) is 4.98 Å². The quantitative estimate of drug-likeness (QED) is 0.771. The van der Waals surface area contributed by atoms with E-state index in [0.717, 1.165) is 16.8 Å². The smallest absolute Gasteiger partial charge is 0.213 e. The molecule has 0 bridgehead atoms. The first-order valence-corrected chi connectivity index (χ1v) is 5.72. The van der Waals surface area contributed by atoms with Gasteiger partial charge in [0.25, 0.3) is 0 Å². The van der Waals surface area contributed by atoms with Crippen molar-refractivity contribution in [1.29, 1.82) is 0 Å². The number of H-pyrrole nitrogens is 1. The molecule has 3 rings (SSSR count). The van der Waals surface area contributed by atoms with Gasteiger partial charge in [-0.15, -0.1) is 10.2 Å². The normalized spacial score (nSPS) is 10.4. The van der Waals surface area contributed by atoms with Crippen LogP contribution >= 0.6 is 0 Å². The lowest BCUT2D eigenvalue weighted by Crippen LogP contribution is -1.89. The Bertz CT molecular complexity index is 664. The number of benzene rings is 1. The maximum atomic E-state index is 5.12. The summed E-state index contributed by atoms with van der Waals surface area (Å²) in [7, 11) is 1.60. The van der Waals surface area contributed by atoms with E-state index in [1.807, 2.05) is 42.5 Å². The van der Waals surface area contributed by atoms with E-state index in [0.29, 0.717) is 11.7 Å². The van der Waals surface area contributed by atoms with Gasteiger partial charge in [-0.1, -0.05) is 30.3 Å². The lowest BCUT2D eigenvalue weighted by atomic mass is 10.1. The van der Waals surface area contributed by atoms with Gasteiger partial charge >= 0.3 is 0 Å². The van der Waals surface area contributed by atoms with Gasteiger partial charge in [0.1, 0.15) is 0 Å². The number of aromatic nitrogens is 5. The van der Waals surface area contributed by atoms with E-state index < -0.39 is 0 Å². The first kappa shape index (κ1) is 11.3. The third-order valence-electron chi connectivity index (χ3n) is 2.72. The molecular formula is C13H11N5O. The van der Waals surface area contributed by atoms with E-state index in [1.165, 1.54) is 0 Å². The zero-order chi connectivity index (χ0) is 13.1. The maximum Gasteiger partial charge on any atom is 0.213 e. The molecule has 1 N–H and O–H groups in total. The Kier molecular flexibility index (Phi) is 2.89. The monoisotopic (exact) mass is 253 g/mol.